The van der Waals surface area contributed by atoms with E-state index in [1.54, 1.807) is 0 Å². The summed E-state index contributed by atoms with van der Waals surface area (Å²) in [6.07, 6.45) is 0. The van der Waals surface area contributed by atoms with Crippen molar-refractivity contribution in [2.75, 3.05) is 18.5 Å². The Kier molecular flexibility index (Phi) is 5.06. The molecule has 110 valence electrons. The molecule has 1 aromatic carbocycles. The van der Waals surface area contributed by atoms with E-state index in [-0.39, 0.29) is 12.2 Å². The van der Waals surface area contributed by atoms with Crippen LogP contribution in [0.15, 0.2) is 12.2 Å². The summed E-state index contributed by atoms with van der Waals surface area (Å²) in [7, 11) is 0. The number of hydrogen-bond acceptors (Lipinski definition) is 3. The summed E-state index contributed by atoms with van der Waals surface area (Å²) in [5, 5.41) is 1.93. The number of esters is 1. The average Bonchev–Trinajstić information content (AvgIpc) is 2.43. The second-order valence-corrected chi connectivity index (χ2v) is 3.62. The minimum atomic E-state index is -2.25. The molecule has 3 nitrogen and oxygen atoms in total. The fraction of sp³-hybridized carbons (Fsp3) is 0.250. The van der Waals surface area contributed by atoms with E-state index in [9.17, 15) is 26.7 Å². The van der Waals surface area contributed by atoms with Gasteiger partial charge in [-0.1, -0.05) is 6.58 Å². The number of hydrogen-bond donors (Lipinski definition) is 1. The summed E-state index contributed by atoms with van der Waals surface area (Å²) >= 11 is 0. The molecule has 0 aromatic heterocycles. The van der Waals surface area contributed by atoms with Crippen molar-refractivity contribution < 1.29 is 31.5 Å². The van der Waals surface area contributed by atoms with Crippen LogP contribution in [0.2, 0.25) is 0 Å². The van der Waals surface area contributed by atoms with Crippen LogP contribution in [0.1, 0.15) is 6.92 Å². The van der Waals surface area contributed by atoms with Crippen molar-refractivity contribution in [3.05, 3.63) is 41.2 Å². The Labute approximate surface area is 111 Å². The van der Waals surface area contributed by atoms with Gasteiger partial charge in [0.15, 0.2) is 23.3 Å². The highest BCUT2D eigenvalue weighted by atomic mass is 19.2. The largest absolute Gasteiger partial charge is 0.463 e. The molecule has 1 rings (SSSR count). The Morgan fingerprint density at radius 3 is 1.95 bits per heavy atom. The third-order valence-electron chi connectivity index (χ3n) is 2.25. The van der Waals surface area contributed by atoms with Gasteiger partial charge in [-0.3, -0.25) is 0 Å². The summed E-state index contributed by atoms with van der Waals surface area (Å²) in [5.41, 5.74) is -1.46. The number of anilines is 1. The van der Waals surface area contributed by atoms with Gasteiger partial charge >= 0.3 is 5.97 Å². The molecule has 0 bridgehead atoms. The van der Waals surface area contributed by atoms with Crippen LogP contribution in [0.4, 0.5) is 27.6 Å². The van der Waals surface area contributed by atoms with Gasteiger partial charge in [-0.15, -0.1) is 0 Å². The van der Waals surface area contributed by atoms with Crippen LogP contribution in [0.5, 0.6) is 0 Å². The number of rotatable bonds is 5. The molecule has 0 atom stereocenters. The van der Waals surface area contributed by atoms with Crippen molar-refractivity contribution in [2.24, 2.45) is 0 Å². The molecular formula is C12H10F5NO2. The first-order valence-electron chi connectivity index (χ1n) is 5.41. The Morgan fingerprint density at radius 2 is 1.50 bits per heavy atom. The van der Waals surface area contributed by atoms with E-state index in [2.05, 4.69) is 11.3 Å². The van der Waals surface area contributed by atoms with Gasteiger partial charge in [0, 0.05) is 12.1 Å². The van der Waals surface area contributed by atoms with E-state index >= 15 is 0 Å². The number of carbonyl (C=O) groups is 1. The molecule has 1 aromatic rings. The van der Waals surface area contributed by atoms with E-state index in [4.69, 9.17) is 0 Å². The second kappa shape index (κ2) is 6.36. The SMILES string of the molecule is C=C(CNc1c(F)c(F)c(F)c(F)c1F)C(=O)OCC. The maximum absolute atomic E-state index is 13.3. The van der Waals surface area contributed by atoms with Crippen LogP contribution in [-0.2, 0) is 9.53 Å². The number of ether oxygens (including phenoxy) is 1. The molecule has 0 heterocycles. The molecule has 0 saturated heterocycles. The number of benzene rings is 1. The fourth-order valence-electron chi connectivity index (χ4n) is 1.26. The third kappa shape index (κ3) is 3.06. The smallest absolute Gasteiger partial charge is 0.335 e. The molecule has 0 aliphatic heterocycles. The lowest BCUT2D eigenvalue weighted by Crippen LogP contribution is -2.17. The highest BCUT2D eigenvalue weighted by Gasteiger charge is 2.25. The second-order valence-electron chi connectivity index (χ2n) is 3.62. The Hall–Kier alpha value is -2.12. The van der Waals surface area contributed by atoms with Gasteiger partial charge in [-0.05, 0) is 6.92 Å². The molecule has 8 heteroatoms. The zero-order valence-corrected chi connectivity index (χ0v) is 10.3. The molecule has 0 fully saturated rings. The van der Waals surface area contributed by atoms with E-state index in [1.165, 1.54) is 6.92 Å². The number of halogens is 5. The van der Waals surface area contributed by atoms with Gasteiger partial charge in [0.1, 0.15) is 5.69 Å². The zero-order chi connectivity index (χ0) is 15.4. The quantitative estimate of drug-likeness (QED) is 0.298. The number of carbonyl (C=O) groups excluding carboxylic acids is 1. The van der Waals surface area contributed by atoms with Crippen molar-refractivity contribution in [2.45, 2.75) is 6.92 Å². The lowest BCUT2D eigenvalue weighted by atomic mass is 10.2. The molecule has 0 saturated carbocycles. The third-order valence-corrected chi connectivity index (χ3v) is 2.25. The standard InChI is InChI=1S/C12H10F5NO2/c1-3-20-12(19)5(2)4-18-11-9(16)7(14)6(13)8(15)10(11)17/h18H,2-4H2,1H3. The van der Waals surface area contributed by atoms with Gasteiger partial charge < -0.3 is 10.1 Å². The van der Waals surface area contributed by atoms with Gasteiger partial charge in [-0.25, -0.2) is 26.7 Å². The minimum Gasteiger partial charge on any atom is -0.463 e. The lowest BCUT2D eigenvalue weighted by Gasteiger charge is -2.11. The fourth-order valence-corrected chi connectivity index (χ4v) is 1.26. The summed E-state index contributed by atoms with van der Waals surface area (Å²) in [4.78, 5) is 11.2. The first-order valence-corrected chi connectivity index (χ1v) is 5.41. The highest BCUT2D eigenvalue weighted by molar-refractivity contribution is 5.88. The summed E-state index contributed by atoms with van der Waals surface area (Å²) in [6.45, 7) is 4.32. The van der Waals surface area contributed by atoms with E-state index in [0.717, 1.165) is 0 Å². The lowest BCUT2D eigenvalue weighted by molar-refractivity contribution is -0.138. The molecule has 0 radical (unpaired) electrons. The zero-order valence-electron chi connectivity index (χ0n) is 10.3. The molecule has 0 aliphatic rings. The Balaban J connectivity index is 2.95. The Bertz CT molecular complexity index is 530. The summed E-state index contributed by atoms with van der Waals surface area (Å²) in [6, 6.07) is 0. The van der Waals surface area contributed by atoms with Crippen LogP contribution in [-0.4, -0.2) is 19.1 Å². The van der Waals surface area contributed by atoms with Crippen LogP contribution < -0.4 is 5.32 Å². The van der Waals surface area contributed by atoms with E-state index in [0.29, 0.717) is 0 Å². The van der Waals surface area contributed by atoms with Crippen LogP contribution >= 0.6 is 0 Å². The van der Waals surface area contributed by atoms with Crippen molar-refractivity contribution in [3.63, 3.8) is 0 Å². The molecule has 0 spiro atoms. The first kappa shape index (κ1) is 15.9. The van der Waals surface area contributed by atoms with Gasteiger partial charge in [0.2, 0.25) is 5.82 Å². The van der Waals surface area contributed by atoms with Crippen LogP contribution in [0, 0.1) is 29.1 Å². The maximum Gasteiger partial charge on any atom is 0.335 e. The van der Waals surface area contributed by atoms with E-state index < -0.39 is 47.3 Å². The highest BCUT2D eigenvalue weighted by Crippen LogP contribution is 2.27. The predicted octanol–water partition coefficient (Wildman–Crippen LogP) is 2.91. The monoisotopic (exact) mass is 295 g/mol. The summed E-state index contributed by atoms with van der Waals surface area (Å²) in [5.74, 6) is -11.3. The maximum atomic E-state index is 13.3. The van der Waals surface area contributed by atoms with Crippen molar-refractivity contribution >= 4 is 11.7 Å². The molecule has 0 aliphatic carbocycles. The number of nitrogens with one attached hydrogen (secondary N) is 1. The van der Waals surface area contributed by atoms with Gasteiger partial charge in [0.25, 0.3) is 0 Å². The summed E-state index contributed by atoms with van der Waals surface area (Å²) < 4.78 is 69.7. The predicted molar refractivity (Wildman–Crippen MR) is 60.5 cm³/mol. The van der Waals surface area contributed by atoms with Crippen molar-refractivity contribution in [1.82, 2.24) is 0 Å². The Morgan fingerprint density at radius 1 is 1.05 bits per heavy atom. The van der Waals surface area contributed by atoms with Crippen LogP contribution in [0.25, 0.3) is 0 Å². The average molecular weight is 295 g/mol. The van der Waals surface area contributed by atoms with Gasteiger partial charge in [-0.2, -0.15) is 0 Å². The molecular weight excluding hydrogens is 285 g/mol. The van der Waals surface area contributed by atoms with Crippen LogP contribution in [0.3, 0.4) is 0 Å². The van der Waals surface area contributed by atoms with Crippen molar-refractivity contribution in [3.8, 4) is 0 Å². The normalized spacial score (nSPS) is 10.3. The molecule has 0 amide bonds. The molecule has 0 unspecified atom stereocenters. The van der Waals surface area contributed by atoms with E-state index in [1.807, 2.05) is 5.32 Å². The first-order chi connectivity index (χ1) is 9.31. The topological polar surface area (TPSA) is 38.3 Å². The van der Waals surface area contributed by atoms with Crippen molar-refractivity contribution in [1.29, 1.82) is 0 Å². The molecule has 1 N–H and O–H groups in total. The van der Waals surface area contributed by atoms with Gasteiger partial charge in [0.05, 0.1) is 6.61 Å². The molecule has 20 heavy (non-hydrogen) atoms. The minimum absolute atomic E-state index is 0.0559.